The van der Waals surface area contributed by atoms with Crippen molar-refractivity contribution in [1.29, 1.82) is 0 Å². The fraction of sp³-hybridized carbons (Fsp3) is 0.643. The Balaban J connectivity index is 1.84. The van der Waals surface area contributed by atoms with Gasteiger partial charge in [-0.3, -0.25) is 14.4 Å². The van der Waals surface area contributed by atoms with Gasteiger partial charge in [-0.1, -0.05) is 0 Å². The lowest BCUT2D eigenvalue weighted by Crippen LogP contribution is -2.54. The first-order chi connectivity index (χ1) is 9.97. The molecule has 0 aromatic carbocycles. The summed E-state index contributed by atoms with van der Waals surface area (Å²) in [6.07, 6.45) is -0.492. The summed E-state index contributed by atoms with van der Waals surface area (Å²) in [6.45, 7) is 2.80. The van der Waals surface area contributed by atoms with Gasteiger partial charge in [-0.15, -0.1) is 0 Å². The molecule has 2 saturated heterocycles. The Bertz CT molecular complexity index is 523. The highest BCUT2D eigenvalue weighted by Gasteiger charge is 2.57. The Morgan fingerprint density at radius 1 is 1.29 bits per heavy atom. The summed E-state index contributed by atoms with van der Waals surface area (Å²) < 4.78 is 21.5. The second-order valence-electron chi connectivity index (χ2n) is 5.40. The molecule has 21 heavy (non-hydrogen) atoms. The molecular weight excluding hydrogens is 280 g/mol. The van der Waals surface area contributed by atoms with Gasteiger partial charge < -0.3 is 18.9 Å². The zero-order chi connectivity index (χ0) is 15.1. The smallest absolute Gasteiger partial charge is 0.303 e. The van der Waals surface area contributed by atoms with Gasteiger partial charge in [-0.05, 0) is 11.6 Å². The predicted octanol–water partition coefficient (Wildman–Crippen LogP) is -0.0222. The van der Waals surface area contributed by atoms with E-state index in [0.29, 0.717) is 6.61 Å². The standard InChI is InChI=1S/C14H16O7/c1-6(15)18-5-10-13(20-7(2)16)12-9(17)3-8-4-19-14(21-10)11(8)12/h3,10-14H,4-5H2,1-2H3. The minimum atomic E-state index is -0.772. The third-order valence-electron chi connectivity index (χ3n) is 3.96. The molecule has 5 unspecified atom stereocenters. The van der Waals surface area contributed by atoms with Gasteiger partial charge in [0.05, 0.1) is 12.5 Å². The van der Waals surface area contributed by atoms with E-state index < -0.39 is 36.4 Å². The third kappa shape index (κ3) is 2.47. The molecule has 2 heterocycles. The van der Waals surface area contributed by atoms with Gasteiger partial charge in [-0.2, -0.15) is 0 Å². The Kier molecular flexibility index (Phi) is 3.54. The van der Waals surface area contributed by atoms with Gasteiger partial charge in [0, 0.05) is 19.8 Å². The van der Waals surface area contributed by atoms with Crippen molar-refractivity contribution >= 4 is 17.7 Å². The van der Waals surface area contributed by atoms with E-state index in [0.717, 1.165) is 5.57 Å². The maximum Gasteiger partial charge on any atom is 0.303 e. The van der Waals surface area contributed by atoms with Gasteiger partial charge in [-0.25, -0.2) is 0 Å². The fourth-order valence-electron chi connectivity index (χ4n) is 3.19. The normalized spacial score (nSPS) is 37.0. The van der Waals surface area contributed by atoms with E-state index in [1.165, 1.54) is 13.8 Å². The summed E-state index contributed by atoms with van der Waals surface area (Å²) >= 11 is 0. The molecule has 0 aromatic rings. The first kappa shape index (κ1) is 14.2. The van der Waals surface area contributed by atoms with Crippen LogP contribution in [0, 0.1) is 11.8 Å². The average Bonchev–Trinajstić information content (AvgIpc) is 2.92. The summed E-state index contributed by atoms with van der Waals surface area (Å²) in [4.78, 5) is 34.5. The van der Waals surface area contributed by atoms with E-state index in [-0.39, 0.29) is 18.3 Å². The molecule has 0 radical (unpaired) electrons. The zero-order valence-corrected chi connectivity index (χ0v) is 11.7. The SMILES string of the molecule is CC(=O)OCC1OC2OCC3=CC(=O)C(C1OC(C)=O)C32. The average molecular weight is 296 g/mol. The second kappa shape index (κ2) is 5.23. The quantitative estimate of drug-likeness (QED) is 0.676. The Morgan fingerprint density at radius 3 is 2.71 bits per heavy atom. The minimum Gasteiger partial charge on any atom is -0.463 e. The molecular formula is C14H16O7. The van der Waals surface area contributed by atoms with E-state index in [1.54, 1.807) is 6.08 Å². The van der Waals surface area contributed by atoms with Gasteiger partial charge in [0.25, 0.3) is 0 Å². The van der Waals surface area contributed by atoms with Gasteiger partial charge in [0.15, 0.2) is 12.1 Å². The third-order valence-corrected chi connectivity index (χ3v) is 3.96. The van der Waals surface area contributed by atoms with Crippen molar-refractivity contribution in [3.63, 3.8) is 0 Å². The maximum absolute atomic E-state index is 12.2. The molecule has 3 aliphatic rings. The topological polar surface area (TPSA) is 88.1 Å². The number of esters is 2. The number of carbonyl (C=O) groups excluding carboxylic acids is 3. The maximum atomic E-state index is 12.2. The lowest BCUT2D eigenvalue weighted by atomic mass is 9.82. The summed E-state index contributed by atoms with van der Waals surface area (Å²) in [7, 11) is 0. The van der Waals surface area contributed by atoms with Crippen LogP contribution in [0.3, 0.4) is 0 Å². The van der Waals surface area contributed by atoms with Crippen molar-refractivity contribution in [2.45, 2.75) is 32.3 Å². The first-order valence-electron chi connectivity index (χ1n) is 6.79. The van der Waals surface area contributed by atoms with Crippen LogP contribution >= 0.6 is 0 Å². The fourth-order valence-corrected chi connectivity index (χ4v) is 3.19. The van der Waals surface area contributed by atoms with E-state index in [1.807, 2.05) is 0 Å². The van der Waals surface area contributed by atoms with Crippen LogP contribution in [-0.2, 0) is 33.3 Å². The van der Waals surface area contributed by atoms with Gasteiger partial charge in [0.1, 0.15) is 18.8 Å². The van der Waals surface area contributed by atoms with Crippen LogP contribution in [0.2, 0.25) is 0 Å². The highest BCUT2D eigenvalue weighted by atomic mass is 16.7. The van der Waals surface area contributed by atoms with Crippen molar-refractivity contribution in [1.82, 2.24) is 0 Å². The highest BCUT2D eigenvalue weighted by Crippen LogP contribution is 2.46. The molecule has 1 aliphatic carbocycles. The molecule has 7 heteroatoms. The van der Waals surface area contributed by atoms with Crippen molar-refractivity contribution in [3.05, 3.63) is 11.6 Å². The highest BCUT2D eigenvalue weighted by molar-refractivity contribution is 5.97. The van der Waals surface area contributed by atoms with Crippen LogP contribution in [0.4, 0.5) is 0 Å². The van der Waals surface area contributed by atoms with Crippen LogP contribution < -0.4 is 0 Å². The molecule has 7 nitrogen and oxygen atoms in total. The summed E-state index contributed by atoms with van der Waals surface area (Å²) in [6, 6.07) is 0. The van der Waals surface area contributed by atoms with Crippen LogP contribution in [0.25, 0.3) is 0 Å². The molecule has 0 aromatic heterocycles. The molecule has 5 atom stereocenters. The Hall–Kier alpha value is -1.73. The van der Waals surface area contributed by atoms with Crippen molar-refractivity contribution < 1.29 is 33.3 Å². The first-order valence-corrected chi connectivity index (χ1v) is 6.79. The number of hydrogen-bond donors (Lipinski definition) is 0. The van der Waals surface area contributed by atoms with Gasteiger partial charge in [0.2, 0.25) is 0 Å². The molecule has 2 fully saturated rings. The van der Waals surface area contributed by atoms with E-state index >= 15 is 0 Å². The molecule has 0 saturated carbocycles. The number of carbonyl (C=O) groups is 3. The Labute approximate surface area is 121 Å². The second-order valence-corrected chi connectivity index (χ2v) is 5.40. The van der Waals surface area contributed by atoms with E-state index in [2.05, 4.69) is 0 Å². The number of ether oxygens (including phenoxy) is 4. The number of allylic oxidation sites excluding steroid dienone is 1. The lowest BCUT2D eigenvalue weighted by Gasteiger charge is -2.40. The van der Waals surface area contributed by atoms with Crippen LogP contribution in [0.5, 0.6) is 0 Å². The van der Waals surface area contributed by atoms with Crippen LogP contribution in [-0.4, -0.2) is 49.4 Å². The monoisotopic (exact) mass is 296 g/mol. The summed E-state index contributed by atoms with van der Waals surface area (Å²) in [5, 5.41) is 0. The molecule has 0 spiro atoms. The molecule has 114 valence electrons. The van der Waals surface area contributed by atoms with Gasteiger partial charge >= 0.3 is 11.9 Å². The number of ketones is 1. The zero-order valence-electron chi connectivity index (χ0n) is 11.7. The molecule has 0 amide bonds. The predicted molar refractivity (Wildman–Crippen MR) is 66.9 cm³/mol. The minimum absolute atomic E-state index is 0.0844. The lowest BCUT2D eigenvalue weighted by molar-refractivity contribution is -0.247. The molecule has 0 N–H and O–H groups in total. The van der Waals surface area contributed by atoms with Crippen molar-refractivity contribution in [2.75, 3.05) is 13.2 Å². The summed E-state index contributed by atoms with van der Waals surface area (Å²) in [5.41, 5.74) is 0.873. The number of hydrogen-bond acceptors (Lipinski definition) is 7. The van der Waals surface area contributed by atoms with Crippen molar-refractivity contribution in [2.24, 2.45) is 11.8 Å². The molecule has 0 bridgehead atoms. The molecule has 3 rings (SSSR count). The van der Waals surface area contributed by atoms with Crippen LogP contribution in [0.1, 0.15) is 13.8 Å². The molecule has 2 aliphatic heterocycles. The Morgan fingerprint density at radius 2 is 2.05 bits per heavy atom. The van der Waals surface area contributed by atoms with E-state index in [4.69, 9.17) is 18.9 Å². The van der Waals surface area contributed by atoms with Crippen molar-refractivity contribution in [3.8, 4) is 0 Å². The van der Waals surface area contributed by atoms with Crippen LogP contribution in [0.15, 0.2) is 11.6 Å². The van der Waals surface area contributed by atoms with E-state index in [9.17, 15) is 14.4 Å². The largest absolute Gasteiger partial charge is 0.463 e. The number of rotatable bonds is 3. The summed E-state index contributed by atoms with van der Waals surface area (Å²) in [5.74, 6) is -1.80.